The number of hydrogen-bond donors (Lipinski definition) is 1. The molecule has 3 rings (SSSR count). The molecule has 21 heavy (non-hydrogen) atoms. The number of methoxy groups -OCH3 is 1. The Hall–Kier alpha value is -0.610. The van der Waals surface area contributed by atoms with E-state index in [2.05, 4.69) is 24.1 Å². The van der Waals surface area contributed by atoms with E-state index < -0.39 is 0 Å². The highest BCUT2D eigenvalue weighted by atomic mass is 16.5. The second kappa shape index (κ2) is 5.88. The smallest absolute Gasteiger partial charge is 0.244 e. The first-order valence-electron chi connectivity index (χ1n) is 8.70. The fraction of sp³-hybridized carbons (Fsp3) is 0.941. The van der Waals surface area contributed by atoms with Crippen molar-refractivity contribution in [3.05, 3.63) is 0 Å². The Kier molecular flexibility index (Phi) is 4.28. The molecular weight excluding hydrogens is 264 g/mol. The van der Waals surface area contributed by atoms with Gasteiger partial charge in [0.15, 0.2) is 0 Å². The number of nitrogens with zero attached hydrogens (tertiary/aromatic N) is 1. The fourth-order valence-corrected chi connectivity index (χ4v) is 4.68. The van der Waals surface area contributed by atoms with Gasteiger partial charge in [-0.15, -0.1) is 0 Å². The number of carbonyl (C=O) groups is 1. The minimum atomic E-state index is -0.250. The summed E-state index contributed by atoms with van der Waals surface area (Å²) in [7, 11) is 1.79. The summed E-state index contributed by atoms with van der Waals surface area (Å²) in [5.74, 6) is 0.955. The molecule has 1 heterocycles. The normalized spacial score (nSPS) is 35.5. The van der Waals surface area contributed by atoms with Crippen LogP contribution in [0.2, 0.25) is 0 Å². The van der Waals surface area contributed by atoms with Crippen LogP contribution in [0.15, 0.2) is 0 Å². The van der Waals surface area contributed by atoms with Gasteiger partial charge in [0.1, 0.15) is 0 Å². The van der Waals surface area contributed by atoms with E-state index in [0.29, 0.717) is 11.8 Å². The molecule has 3 unspecified atom stereocenters. The summed E-state index contributed by atoms with van der Waals surface area (Å²) < 4.78 is 5.67. The van der Waals surface area contributed by atoms with E-state index in [1.807, 2.05) is 0 Å². The SMILES string of the molecule is COC1CCCC1N1C(=O)C2(CCCC2)NC1CC(C)C. The summed E-state index contributed by atoms with van der Waals surface area (Å²) in [6, 6.07) is 0.277. The van der Waals surface area contributed by atoms with Crippen molar-refractivity contribution >= 4 is 5.91 Å². The van der Waals surface area contributed by atoms with E-state index in [1.54, 1.807) is 7.11 Å². The number of hydrogen-bond acceptors (Lipinski definition) is 3. The van der Waals surface area contributed by atoms with Gasteiger partial charge in [0.25, 0.3) is 0 Å². The lowest BCUT2D eigenvalue weighted by Crippen LogP contribution is -2.49. The van der Waals surface area contributed by atoms with Crippen LogP contribution in [0.25, 0.3) is 0 Å². The third-order valence-corrected chi connectivity index (χ3v) is 5.65. The van der Waals surface area contributed by atoms with Gasteiger partial charge in [-0.1, -0.05) is 26.7 Å². The average molecular weight is 294 g/mol. The van der Waals surface area contributed by atoms with Crippen LogP contribution in [0.4, 0.5) is 0 Å². The predicted octanol–water partition coefficient (Wildman–Crippen LogP) is 2.67. The van der Waals surface area contributed by atoms with Crippen molar-refractivity contribution in [1.82, 2.24) is 10.2 Å². The molecule has 3 fully saturated rings. The van der Waals surface area contributed by atoms with Gasteiger partial charge in [0.2, 0.25) is 5.91 Å². The van der Waals surface area contributed by atoms with Crippen LogP contribution in [0.1, 0.15) is 65.2 Å². The Bertz CT molecular complexity index is 390. The number of nitrogens with one attached hydrogen (secondary N) is 1. The van der Waals surface area contributed by atoms with Gasteiger partial charge in [-0.25, -0.2) is 0 Å². The van der Waals surface area contributed by atoms with Crippen LogP contribution in [-0.2, 0) is 9.53 Å². The highest BCUT2D eigenvalue weighted by molar-refractivity contribution is 5.89. The molecule has 2 aliphatic carbocycles. The second-order valence-electron chi connectivity index (χ2n) is 7.56. The summed E-state index contributed by atoms with van der Waals surface area (Å²) in [5.41, 5.74) is -0.250. The Balaban J connectivity index is 1.85. The van der Waals surface area contributed by atoms with Crippen molar-refractivity contribution in [2.45, 2.75) is 89.1 Å². The van der Waals surface area contributed by atoms with E-state index in [9.17, 15) is 4.79 Å². The second-order valence-corrected chi connectivity index (χ2v) is 7.56. The molecule has 1 saturated heterocycles. The molecule has 120 valence electrons. The van der Waals surface area contributed by atoms with E-state index in [0.717, 1.165) is 32.1 Å². The van der Waals surface area contributed by atoms with Crippen molar-refractivity contribution in [3.8, 4) is 0 Å². The average Bonchev–Trinajstić information content (AvgIpc) is 3.12. The maximum atomic E-state index is 13.2. The van der Waals surface area contributed by atoms with Gasteiger partial charge in [0.05, 0.1) is 23.9 Å². The molecular formula is C17H30N2O2. The first kappa shape index (κ1) is 15.3. The molecule has 1 spiro atoms. The topological polar surface area (TPSA) is 41.6 Å². The number of rotatable bonds is 4. The molecule has 3 aliphatic rings. The minimum absolute atomic E-state index is 0.205. The summed E-state index contributed by atoms with van der Waals surface area (Å²) in [4.78, 5) is 15.4. The molecule has 0 bridgehead atoms. The van der Waals surface area contributed by atoms with E-state index in [1.165, 1.54) is 19.3 Å². The van der Waals surface area contributed by atoms with Crippen LogP contribution in [0.3, 0.4) is 0 Å². The van der Waals surface area contributed by atoms with E-state index in [4.69, 9.17) is 4.74 Å². The summed E-state index contributed by atoms with van der Waals surface area (Å²) >= 11 is 0. The maximum Gasteiger partial charge on any atom is 0.244 e. The quantitative estimate of drug-likeness (QED) is 0.867. The molecule has 0 radical (unpaired) electrons. The highest BCUT2D eigenvalue weighted by Gasteiger charge is 2.55. The summed E-state index contributed by atoms with van der Waals surface area (Å²) in [6.07, 6.45) is 9.22. The lowest BCUT2D eigenvalue weighted by molar-refractivity contribution is -0.137. The van der Waals surface area contributed by atoms with Crippen molar-refractivity contribution in [2.75, 3.05) is 7.11 Å². The zero-order chi connectivity index (χ0) is 15.0. The monoisotopic (exact) mass is 294 g/mol. The first-order chi connectivity index (χ1) is 10.1. The molecule has 4 nitrogen and oxygen atoms in total. The van der Waals surface area contributed by atoms with Gasteiger partial charge in [-0.05, 0) is 44.4 Å². The fourth-order valence-electron chi connectivity index (χ4n) is 4.68. The lowest BCUT2D eigenvalue weighted by atomic mass is 9.97. The molecule has 4 heteroatoms. The molecule has 0 aromatic rings. The molecule has 0 aromatic carbocycles. The Labute approximate surface area is 128 Å². The van der Waals surface area contributed by atoms with Crippen molar-refractivity contribution in [1.29, 1.82) is 0 Å². The Morgan fingerprint density at radius 2 is 2.00 bits per heavy atom. The number of amides is 1. The van der Waals surface area contributed by atoms with Crippen molar-refractivity contribution in [2.24, 2.45) is 5.92 Å². The van der Waals surface area contributed by atoms with Gasteiger partial charge in [0, 0.05) is 7.11 Å². The Morgan fingerprint density at radius 3 is 2.62 bits per heavy atom. The van der Waals surface area contributed by atoms with Crippen LogP contribution in [0.5, 0.6) is 0 Å². The zero-order valence-electron chi connectivity index (χ0n) is 13.7. The molecule has 1 N–H and O–H groups in total. The lowest BCUT2D eigenvalue weighted by Gasteiger charge is -2.34. The molecule has 1 aliphatic heterocycles. The third-order valence-electron chi connectivity index (χ3n) is 5.65. The Morgan fingerprint density at radius 1 is 1.29 bits per heavy atom. The maximum absolute atomic E-state index is 13.2. The third kappa shape index (κ3) is 2.61. The van der Waals surface area contributed by atoms with Crippen LogP contribution in [-0.4, -0.2) is 41.8 Å². The molecule has 2 saturated carbocycles. The van der Waals surface area contributed by atoms with Gasteiger partial charge in [-0.2, -0.15) is 0 Å². The summed E-state index contributed by atoms with van der Waals surface area (Å²) in [6.45, 7) is 4.48. The molecule has 1 amide bonds. The largest absolute Gasteiger partial charge is 0.379 e. The van der Waals surface area contributed by atoms with Gasteiger partial charge >= 0.3 is 0 Å². The highest BCUT2D eigenvalue weighted by Crippen LogP contribution is 2.41. The van der Waals surface area contributed by atoms with Crippen LogP contribution in [0, 0.1) is 5.92 Å². The first-order valence-corrected chi connectivity index (χ1v) is 8.70. The number of ether oxygens (including phenoxy) is 1. The van der Waals surface area contributed by atoms with Crippen LogP contribution < -0.4 is 5.32 Å². The van der Waals surface area contributed by atoms with Gasteiger partial charge < -0.3 is 9.64 Å². The minimum Gasteiger partial charge on any atom is -0.379 e. The van der Waals surface area contributed by atoms with Crippen molar-refractivity contribution in [3.63, 3.8) is 0 Å². The summed E-state index contributed by atoms with van der Waals surface area (Å²) in [5, 5.41) is 3.74. The molecule has 0 aromatic heterocycles. The van der Waals surface area contributed by atoms with E-state index in [-0.39, 0.29) is 23.9 Å². The molecule has 3 atom stereocenters. The standard InChI is InChI=1S/C17H30N2O2/c1-12(2)11-15-18-17(9-4-5-10-17)16(20)19(15)13-7-6-8-14(13)21-3/h12-15,18H,4-11H2,1-3H3. The van der Waals surface area contributed by atoms with E-state index >= 15 is 0 Å². The zero-order valence-corrected chi connectivity index (χ0v) is 13.7. The number of carbonyl (C=O) groups excluding carboxylic acids is 1. The van der Waals surface area contributed by atoms with Crippen molar-refractivity contribution < 1.29 is 9.53 Å². The van der Waals surface area contributed by atoms with Gasteiger partial charge in [-0.3, -0.25) is 10.1 Å². The van der Waals surface area contributed by atoms with Crippen LogP contribution >= 0.6 is 0 Å². The predicted molar refractivity (Wildman–Crippen MR) is 82.9 cm³/mol.